The maximum atomic E-state index is 5.42. The molecule has 1 atom stereocenters. The molecule has 0 bridgehead atoms. The van der Waals surface area contributed by atoms with Crippen LogP contribution in [-0.2, 0) is 0 Å². The Morgan fingerprint density at radius 2 is 1.81 bits per heavy atom. The smallest absolute Gasteiger partial charge is 0.191 e. The van der Waals surface area contributed by atoms with Gasteiger partial charge in [-0.1, -0.05) is 0 Å². The van der Waals surface area contributed by atoms with Gasteiger partial charge in [-0.05, 0) is 38.0 Å². The molecule has 0 spiro atoms. The molecule has 0 amide bonds. The second-order valence-electron chi connectivity index (χ2n) is 8.82. The summed E-state index contributed by atoms with van der Waals surface area (Å²) in [6.07, 6.45) is 6.70. The van der Waals surface area contributed by atoms with Gasteiger partial charge in [-0.2, -0.15) is 0 Å². The molecule has 1 heterocycles. The average Bonchev–Trinajstić information content (AvgIpc) is 3.70. The first-order valence-electron chi connectivity index (χ1n) is 11.4. The van der Waals surface area contributed by atoms with E-state index in [-0.39, 0.29) is 24.0 Å². The van der Waals surface area contributed by atoms with Crippen LogP contribution in [0.15, 0.2) is 23.2 Å². The second-order valence-corrected chi connectivity index (χ2v) is 8.82. The van der Waals surface area contributed by atoms with Gasteiger partial charge >= 0.3 is 0 Å². The monoisotopic (exact) mass is 543 g/mol. The lowest BCUT2D eigenvalue weighted by Gasteiger charge is -2.24. The van der Waals surface area contributed by atoms with E-state index in [0.717, 1.165) is 67.7 Å². The van der Waals surface area contributed by atoms with Gasteiger partial charge in [0.05, 0.1) is 14.2 Å². The van der Waals surface area contributed by atoms with Crippen molar-refractivity contribution in [2.75, 3.05) is 58.9 Å². The lowest BCUT2D eigenvalue weighted by atomic mass is 10.2. The fourth-order valence-corrected chi connectivity index (χ4v) is 4.29. The molecule has 2 saturated carbocycles. The standard InChI is InChI=1S/C23H37N5O2.HI/c1-24-23(25-9-11-28(19-6-7-19)15-17-4-5-17)26-18-8-10-27(16-18)20-12-21(29-2)14-22(13-20)30-3;/h12-14,17-19H,4-11,15-16H2,1-3H3,(H2,24,25,26);1H. The minimum atomic E-state index is 0. The van der Waals surface area contributed by atoms with Gasteiger partial charge in [0.1, 0.15) is 11.5 Å². The molecule has 0 radical (unpaired) electrons. The van der Waals surface area contributed by atoms with Crippen LogP contribution in [0.1, 0.15) is 32.1 Å². The van der Waals surface area contributed by atoms with Gasteiger partial charge in [-0.25, -0.2) is 0 Å². The minimum Gasteiger partial charge on any atom is -0.497 e. The number of aliphatic imine (C=N–C) groups is 1. The van der Waals surface area contributed by atoms with Gasteiger partial charge in [-0.3, -0.25) is 9.89 Å². The van der Waals surface area contributed by atoms with Gasteiger partial charge in [0.2, 0.25) is 0 Å². The summed E-state index contributed by atoms with van der Waals surface area (Å²) in [5, 5.41) is 7.14. The van der Waals surface area contributed by atoms with Crippen LogP contribution in [0.4, 0.5) is 5.69 Å². The quantitative estimate of drug-likeness (QED) is 0.269. The summed E-state index contributed by atoms with van der Waals surface area (Å²) in [7, 11) is 5.24. The molecule has 1 aromatic carbocycles. The zero-order valence-electron chi connectivity index (χ0n) is 19.1. The van der Waals surface area contributed by atoms with E-state index in [1.807, 2.05) is 13.1 Å². The molecule has 174 valence electrons. The van der Waals surface area contributed by atoms with Crippen LogP contribution in [0.3, 0.4) is 0 Å². The number of guanidine groups is 1. The van der Waals surface area contributed by atoms with Crippen molar-refractivity contribution in [2.24, 2.45) is 10.9 Å². The van der Waals surface area contributed by atoms with E-state index in [2.05, 4.69) is 37.6 Å². The Morgan fingerprint density at radius 1 is 1.10 bits per heavy atom. The maximum absolute atomic E-state index is 5.42. The Labute approximate surface area is 204 Å². The molecule has 1 unspecified atom stereocenters. The molecule has 8 heteroatoms. The number of halogens is 1. The van der Waals surface area contributed by atoms with Crippen LogP contribution in [0.5, 0.6) is 11.5 Å². The summed E-state index contributed by atoms with van der Waals surface area (Å²) in [6, 6.07) is 7.27. The number of rotatable bonds is 10. The fourth-order valence-electron chi connectivity index (χ4n) is 4.29. The van der Waals surface area contributed by atoms with Crippen LogP contribution < -0.4 is 25.0 Å². The number of hydrogen-bond donors (Lipinski definition) is 2. The van der Waals surface area contributed by atoms with E-state index in [1.165, 1.54) is 32.2 Å². The topological polar surface area (TPSA) is 61.4 Å². The molecule has 4 rings (SSSR count). The zero-order chi connectivity index (χ0) is 20.9. The highest BCUT2D eigenvalue weighted by Crippen LogP contribution is 2.34. The van der Waals surface area contributed by atoms with E-state index in [4.69, 9.17) is 9.47 Å². The molecule has 1 aromatic rings. The van der Waals surface area contributed by atoms with Crippen molar-refractivity contribution in [3.63, 3.8) is 0 Å². The lowest BCUT2D eigenvalue weighted by Crippen LogP contribution is -2.47. The van der Waals surface area contributed by atoms with E-state index in [9.17, 15) is 0 Å². The van der Waals surface area contributed by atoms with E-state index in [0.29, 0.717) is 6.04 Å². The Kier molecular flexibility index (Phi) is 8.95. The van der Waals surface area contributed by atoms with Crippen molar-refractivity contribution < 1.29 is 9.47 Å². The van der Waals surface area contributed by atoms with E-state index < -0.39 is 0 Å². The third kappa shape index (κ3) is 7.03. The number of nitrogens with one attached hydrogen (secondary N) is 2. The molecule has 1 saturated heterocycles. The summed E-state index contributed by atoms with van der Waals surface area (Å²) in [5.41, 5.74) is 1.14. The van der Waals surface area contributed by atoms with Crippen molar-refractivity contribution in [1.29, 1.82) is 0 Å². The summed E-state index contributed by atoms with van der Waals surface area (Å²) in [5.74, 6) is 3.52. The number of anilines is 1. The van der Waals surface area contributed by atoms with Crippen LogP contribution in [0.2, 0.25) is 0 Å². The summed E-state index contributed by atoms with van der Waals surface area (Å²) < 4.78 is 10.8. The van der Waals surface area contributed by atoms with Crippen LogP contribution >= 0.6 is 24.0 Å². The Balaban J connectivity index is 0.00000272. The van der Waals surface area contributed by atoms with Gasteiger partial charge < -0.3 is 25.0 Å². The number of methoxy groups -OCH3 is 2. The number of hydrogen-bond acceptors (Lipinski definition) is 5. The molecular formula is C23H38IN5O2. The largest absolute Gasteiger partial charge is 0.497 e. The zero-order valence-corrected chi connectivity index (χ0v) is 21.4. The molecule has 31 heavy (non-hydrogen) atoms. The molecule has 2 N–H and O–H groups in total. The van der Waals surface area contributed by atoms with Crippen LogP contribution in [-0.4, -0.2) is 76.9 Å². The Morgan fingerprint density at radius 3 is 2.39 bits per heavy atom. The summed E-state index contributed by atoms with van der Waals surface area (Å²) in [4.78, 5) is 9.51. The van der Waals surface area contributed by atoms with Crippen molar-refractivity contribution in [3.05, 3.63) is 18.2 Å². The second kappa shape index (κ2) is 11.4. The number of benzene rings is 1. The van der Waals surface area contributed by atoms with Crippen LogP contribution in [0.25, 0.3) is 0 Å². The first kappa shape index (κ1) is 24.2. The SMILES string of the molecule is CN=C(NCCN(CC1CC1)C1CC1)NC1CCN(c2cc(OC)cc(OC)c2)C1.I. The van der Waals surface area contributed by atoms with E-state index in [1.54, 1.807) is 14.2 Å². The molecule has 3 fully saturated rings. The predicted octanol–water partition coefficient (Wildman–Crippen LogP) is 2.94. The molecule has 0 aromatic heterocycles. The van der Waals surface area contributed by atoms with Gasteiger partial charge in [-0.15, -0.1) is 24.0 Å². The lowest BCUT2D eigenvalue weighted by molar-refractivity contribution is 0.256. The normalized spacial score (nSPS) is 21.1. The third-order valence-corrected chi connectivity index (χ3v) is 6.40. The minimum absolute atomic E-state index is 0. The summed E-state index contributed by atoms with van der Waals surface area (Å²) in [6.45, 7) is 5.30. The van der Waals surface area contributed by atoms with Crippen LogP contribution in [0, 0.1) is 5.92 Å². The van der Waals surface area contributed by atoms with Crippen molar-refractivity contribution in [1.82, 2.24) is 15.5 Å². The first-order chi connectivity index (χ1) is 14.7. The highest BCUT2D eigenvalue weighted by Gasteiger charge is 2.33. The van der Waals surface area contributed by atoms with Crippen molar-refractivity contribution in [2.45, 2.75) is 44.2 Å². The molecule has 7 nitrogen and oxygen atoms in total. The van der Waals surface area contributed by atoms with Gasteiger partial charge in [0.15, 0.2) is 5.96 Å². The number of nitrogens with zero attached hydrogens (tertiary/aromatic N) is 3. The summed E-state index contributed by atoms with van der Waals surface area (Å²) >= 11 is 0. The Hall–Kier alpha value is -1.42. The van der Waals surface area contributed by atoms with Crippen molar-refractivity contribution in [3.8, 4) is 11.5 Å². The first-order valence-corrected chi connectivity index (χ1v) is 11.4. The predicted molar refractivity (Wildman–Crippen MR) is 137 cm³/mol. The highest BCUT2D eigenvalue weighted by atomic mass is 127. The third-order valence-electron chi connectivity index (χ3n) is 6.40. The molecular weight excluding hydrogens is 505 g/mol. The highest BCUT2D eigenvalue weighted by molar-refractivity contribution is 14.0. The van der Waals surface area contributed by atoms with Gasteiger partial charge in [0.25, 0.3) is 0 Å². The Bertz CT molecular complexity index is 716. The average molecular weight is 543 g/mol. The van der Waals surface area contributed by atoms with Crippen molar-refractivity contribution >= 4 is 35.6 Å². The maximum Gasteiger partial charge on any atom is 0.191 e. The molecule has 1 aliphatic heterocycles. The van der Waals surface area contributed by atoms with E-state index >= 15 is 0 Å². The fraction of sp³-hybridized carbons (Fsp3) is 0.696. The molecule has 3 aliphatic rings. The number of ether oxygens (including phenoxy) is 2. The van der Waals surface area contributed by atoms with Gasteiger partial charge in [0, 0.05) is 75.7 Å². The molecule has 2 aliphatic carbocycles.